The molecule has 16 rings (SSSR count). The molecule has 0 atom stereocenters. The van der Waals surface area contributed by atoms with Gasteiger partial charge in [-0.15, -0.1) is 0 Å². The number of rotatable bonds is 19. The van der Waals surface area contributed by atoms with Gasteiger partial charge in [-0.05, 0) is 293 Å². The molecule has 0 aliphatic rings. The number of carbonyl (C=O) groups excluding carboxylic acids is 8. The lowest BCUT2D eigenvalue weighted by Crippen LogP contribution is -2.15. The van der Waals surface area contributed by atoms with Crippen LogP contribution in [0.3, 0.4) is 0 Å². The average molecular weight is 1710 g/mol. The van der Waals surface area contributed by atoms with Crippen LogP contribution < -0.4 is 56.7 Å². The van der Waals surface area contributed by atoms with E-state index in [1.54, 1.807) is 238 Å². The number of halogens is 1. The molecule has 12 N–H and O–H groups in total. The van der Waals surface area contributed by atoms with E-state index in [1.807, 2.05) is 113 Å². The second-order valence-corrected chi connectivity index (χ2v) is 29.6. The predicted octanol–water partition coefficient (Wildman–Crippen LogP) is 22.1. The molecule has 0 aliphatic heterocycles. The summed E-state index contributed by atoms with van der Waals surface area (Å²) < 4.78 is 16.0. The van der Waals surface area contributed by atoms with Crippen molar-refractivity contribution >= 4 is 147 Å². The quantitative estimate of drug-likeness (QED) is 0.0358. The zero-order valence-electron chi connectivity index (χ0n) is 69.7. The van der Waals surface area contributed by atoms with Crippen LogP contribution in [0.5, 0.6) is 40.2 Å². The van der Waals surface area contributed by atoms with Gasteiger partial charge in [0.15, 0.2) is 0 Å². The summed E-state index contributed by atoms with van der Waals surface area (Å²) in [7, 11) is 4.51. The highest BCUT2D eigenvalue weighted by atomic mass is 35.5. The fourth-order valence-electron chi connectivity index (χ4n) is 13.7. The number of hydrogen-bond acceptors (Lipinski definition) is 15. The molecule has 24 heteroatoms. The molecule has 8 amide bonds. The van der Waals surface area contributed by atoms with E-state index in [1.165, 1.54) is 14.2 Å². The number of anilines is 8. The minimum atomic E-state index is -0.332. The zero-order chi connectivity index (χ0) is 90.0. The number of hydrogen-bond donors (Lipinski definition) is 12. The van der Waals surface area contributed by atoms with Gasteiger partial charge in [0.25, 0.3) is 47.3 Å². The molecule has 0 saturated heterocycles. The van der Waals surface area contributed by atoms with Gasteiger partial charge in [0.2, 0.25) is 0 Å². The Balaban J connectivity index is 0.000000145. The lowest BCUT2D eigenvalue weighted by Gasteiger charge is -2.13. The maximum Gasteiger partial charge on any atom is 0.257 e. The van der Waals surface area contributed by atoms with Crippen LogP contribution in [0.4, 0.5) is 45.5 Å². The lowest BCUT2D eigenvalue weighted by atomic mass is 10.0. The third-order valence-electron chi connectivity index (χ3n) is 20.7. The van der Waals surface area contributed by atoms with Crippen molar-refractivity contribution in [3.63, 3.8) is 0 Å². The summed E-state index contributed by atoms with van der Waals surface area (Å²) in [5.74, 6) is -0.108. The van der Waals surface area contributed by atoms with Crippen LogP contribution >= 0.6 is 11.6 Å². The topological polar surface area (TPSA) is 341 Å². The number of para-hydroxylation sites is 3. The van der Waals surface area contributed by atoms with Gasteiger partial charge in [-0.3, -0.25) is 38.4 Å². The third-order valence-corrected chi connectivity index (χ3v) is 21.0. The van der Waals surface area contributed by atoms with E-state index in [-0.39, 0.29) is 75.3 Å². The molecule has 0 saturated carbocycles. The Morgan fingerprint density at radius 1 is 0.260 bits per heavy atom. The monoisotopic (exact) mass is 1710 g/mol. The minimum absolute atomic E-state index is 0.172. The van der Waals surface area contributed by atoms with Crippen LogP contribution in [-0.2, 0) is 0 Å². The molecule has 23 nitrogen and oxygen atoms in total. The summed E-state index contributed by atoms with van der Waals surface area (Å²) in [5, 5.41) is 69.0. The summed E-state index contributed by atoms with van der Waals surface area (Å²) in [6, 6.07) is 90.4. The Morgan fingerprint density at radius 3 is 0.992 bits per heavy atom. The van der Waals surface area contributed by atoms with Gasteiger partial charge < -0.3 is 77.2 Å². The first-order valence-electron chi connectivity index (χ1n) is 39.7. The van der Waals surface area contributed by atoms with Gasteiger partial charge in [-0.1, -0.05) is 121 Å². The molecule has 0 aromatic heterocycles. The van der Waals surface area contributed by atoms with Crippen molar-refractivity contribution in [3.05, 3.63) is 387 Å². The van der Waals surface area contributed by atoms with Crippen LogP contribution in [0.15, 0.2) is 315 Å². The average Bonchev–Trinajstić information content (AvgIpc) is 0.803. The highest BCUT2D eigenvalue weighted by molar-refractivity contribution is 6.35. The van der Waals surface area contributed by atoms with Crippen LogP contribution in [0, 0.1) is 27.7 Å². The molecule has 0 fully saturated rings. The van der Waals surface area contributed by atoms with E-state index in [4.69, 9.17) is 25.8 Å². The highest BCUT2D eigenvalue weighted by Gasteiger charge is 2.21. The summed E-state index contributed by atoms with van der Waals surface area (Å²) in [6.07, 6.45) is 0. The summed E-state index contributed by atoms with van der Waals surface area (Å²) in [6.45, 7) is 7.35. The number of aromatic hydroxyl groups is 4. The van der Waals surface area contributed by atoms with Crippen molar-refractivity contribution in [1.82, 2.24) is 0 Å². The molecule has 0 radical (unpaired) electrons. The molecule has 0 bridgehead atoms. The molecule has 0 spiro atoms. The molecule has 0 unspecified atom stereocenters. The summed E-state index contributed by atoms with van der Waals surface area (Å²) in [4.78, 5) is 101. The first-order chi connectivity index (χ1) is 61.3. The Morgan fingerprint density at radius 2 is 0.583 bits per heavy atom. The molecular weight excluding hydrogens is 1620 g/mol. The van der Waals surface area contributed by atoms with Gasteiger partial charge in [-0.2, -0.15) is 0 Å². The SMILES string of the molecule is COc1cc(C(=O)Nc2ccccc2)ccc1NC(=O)c1ccc2c(C)c(O)ccc2c1.COc1cccc(NC(=O)c2ccc(NC(=O)c3ccc4c(C)c(O)ccc4c3)c(OC)c2)c1.Cc1cc(C(=O)Nc2ccccc2)ccc1NC(=O)c1ccc2c(C)c(O)ccc2c1.O=C(Nc1ccc(C(=O)Nc2ccccc2)c(Cl)c1)c1ccc2cc(O)ccc2c1. The fraction of sp³-hybridized carbons (Fsp3) is 0.0680. The van der Waals surface area contributed by atoms with Crippen molar-refractivity contribution in [2.24, 2.45) is 0 Å². The number of phenols is 4. The van der Waals surface area contributed by atoms with E-state index in [2.05, 4.69) is 42.5 Å². The second kappa shape index (κ2) is 40.3. The Labute approximate surface area is 735 Å². The third kappa shape index (κ3) is 21.9. The Hall–Kier alpha value is -16.8. The van der Waals surface area contributed by atoms with Crippen molar-refractivity contribution in [2.75, 3.05) is 63.9 Å². The lowest BCUT2D eigenvalue weighted by molar-refractivity contribution is 0.101. The zero-order valence-corrected chi connectivity index (χ0v) is 70.4. The molecule has 634 valence electrons. The molecule has 0 heterocycles. The second-order valence-electron chi connectivity index (χ2n) is 29.2. The maximum atomic E-state index is 12.9. The van der Waals surface area contributed by atoms with Gasteiger partial charge in [0, 0.05) is 79.1 Å². The summed E-state index contributed by atoms with van der Waals surface area (Å²) in [5.41, 5.74) is 11.3. The Kier molecular flexibility index (Phi) is 27.9. The normalized spacial score (nSPS) is 10.6. The smallest absolute Gasteiger partial charge is 0.257 e. The van der Waals surface area contributed by atoms with Crippen LogP contribution in [0.25, 0.3) is 43.1 Å². The van der Waals surface area contributed by atoms with E-state index in [0.717, 1.165) is 71.0 Å². The number of nitrogens with one attached hydrogen (secondary N) is 8. The van der Waals surface area contributed by atoms with E-state index in [9.17, 15) is 58.8 Å². The molecule has 16 aromatic carbocycles. The number of methoxy groups -OCH3 is 3. The number of benzene rings is 16. The van der Waals surface area contributed by atoms with Gasteiger partial charge >= 0.3 is 0 Å². The molecule has 16 aromatic rings. The van der Waals surface area contributed by atoms with Crippen LogP contribution in [0.1, 0.15) is 105 Å². The van der Waals surface area contributed by atoms with Gasteiger partial charge in [0.05, 0.1) is 43.3 Å². The largest absolute Gasteiger partial charge is 0.508 e. The standard InChI is InChI=1S/C27H24N2O5.C26H22N2O4.C26H22N2O3.C24H17ClN2O3/c1-16-22-10-7-18(13-17(22)9-12-24(16)30)27(32)29-23-11-8-19(14-25(23)34-3)26(31)28-20-5-4-6-21(15-20)33-2;1-16-21-11-8-18(14-17(21)10-13-23(16)29)26(31)28-22-12-9-19(15-24(22)32-2)25(30)27-20-6-4-3-5-7-20;1-16-14-19(25(30)27-21-6-4-3-5-7-21)9-12-23(16)28-26(31)20-8-11-22-17(2)24(29)13-10-18(22)15-20;25-22-14-19(9-11-21(22)24(30)26-18-4-2-1-3-5-18)27-23(29)17-7-6-16-13-20(28)10-8-15(16)12-17/h4-15,30H,1-3H3,(H,28,31)(H,29,32);3-15,29H,1-2H3,(H,27,30)(H,28,31);3-15,29H,1-2H3,(H,27,30)(H,28,31);1-14,28H,(H,26,30)(H,27,29). The first kappa shape index (κ1) is 88.0. The van der Waals surface area contributed by atoms with Crippen molar-refractivity contribution < 1.29 is 73.0 Å². The van der Waals surface area contributed by atoms with Gasteiger partial charge in [0.1, 0.15) is 40.2 Å². The van der Waals surface area contributed by atoms with Gasteiger partial charge in [-0.25, -0.2) is 0 Å². The van der Waals surface area contributed by atoms with Crippen molar-refractivity contribution in [1.29, 1.82) is 0 Å². The molecule has 127 heavy (non-hydrogen) atoms. The van der Waals surface area contributed by atoms with Crippen molar-refractivity contribution in [3.8, 4) is 40.2 Å². The van der Waals surface area contributed by atoms with E-state index in [0.29, 0.717) is 102 Å². The fourth-order valence-corrected chi connectivity index (χ4v) is 13.9. The Bertz CT molecular complexity index is 6910. The number of aryl methyl sites for hydroxylation is 4. The highest BCUT2D eigenvalue weighted by Crippen LogP contribution is 2.35. The summed E-state index contributed by atoms with van der Waals surface area (Å²) >= 11 is 6.28. The molecular formula is C103H85ClN8O15. The number of carbonyl (C=O) groups is 8. The van der Waals surface area contributed by atoms with Crippen molar-refractivity contribution in [2.45, 2.75) is 27.7 Å². The number of ether oxygens (including phenoxy) is 3. The number of fused-ring (bicyclic) bond motifs is 4. The maximum absolute atomic E-state index is 12.9. The predicted molar refractivity (Wildman–Crippen MR) is 501 cm³/mol. The van der Waals surface area contributed by atoms with E-state index >= 15 is 0 Å². The number of phenolic OH excluding ortho intramolecular Hbond substituents is 4. The molecule has 0 aliphatic carbocycles. The number of amides is 8. The van der Waals surface area contributed by atoms with Crippen LogP contribution in [0.2, 0.25) is 5.02 Å². The first-order valence-corrected chi connectivity index (χ1v) is 40.1. The van der Waals surface area contributed by atoms with Crippen LogP contribution in [-0.4, -0.2) is 89.0 Å². The minimum Gasteiger partial charge on any atom is -0.508 e. The van der Waals surface area contributed by atoms with E-state index < -0.39 is 0 Å².